The van der Waals surface area contributed by atoms with E-state index in [1.54, 1.807) is 31.4 Å². The molecule has 0 aliphatic carbocycles. The van der Waals surface area contributed by atoms with Crippen LogP contribution in [0.15, 0.2) is 24.3 Å². The van der Waals surface area contributed by atoms with Gasteiger partial charge in [0.25, 0.3) is 11.8 Å². The van der Waals surface area contributed by atoms with Gasteiger partial charge < -0.3 is 20.5 Å². The van der Waals surface area contributed by atoms with Crippen molar-refractivity contribution in [1.82, 2.24) is 4.90 Å². The third kappa shape index (κ3) is 5.62. The number of hydrogen-bond acceptors (Lipinski definition) is 6. The predicted octanol–water partition coefficient (Wildman–Crippen LogP) is 3.06. The molecule has 0 bridgehead atoms. The fourth-order valence-corrected chi connectivity index (χ4v) is 4.63. The van der Waals surface area contributed by atoms with Crippen molar-refractivity contribution < 1.29 is 19.1 Å². The molecule has 3 N–H and O–H groups in total. The number of rotatable bonds is 8. The molecule has 0 radical (unpaired) electrons. The van der Waals surface area contributed by atoms with E-state index in [4.69, 9.17) is 15.2 Å². The SMILES string of the molecule is CCCN1CCc2c(sc(NC(=O)COc3cccc(OC)c3)c2C(N)=O)C1.Cl. The summed E-state index contributed by atoms with van der Waals surface area (Å²) in [7, 11) is 1.57. The molecule has 7 nitrogen and oxygen atoms in total. The van der Waals surface area contributed by atoms with Crippen molar-refractivity contribution in [3.05, 3.63) is 40.3 Å². The molecule has 1 aliphatic rings. The van der Waals surface area contributed by atoms with Crippen molar-refractivity contribution in [2.45, 2.75) is 26.3 Å². The highest BCUT2D eigenvalue weighted by atomic mass is 35.5. The number of halogens is 1. The van der Waals surface area contributed by atoms with Gasteiger partial charge in [-0.1, -0.05) is 13.0 Å². The van der Waals surface area contributed by atoms with Crippen LogP contribution < -0.4 is 20.5 Å². The predicted molar refractivity (Wildman–Crippen MR) is 116 cm³/mol. The van der Waals surface area contributed by atoms with Crippen LogP contribution in [0, 0.1) is 0 Å². The number of carbonyl (C=O) groups is 2. The Kier molecular flexibility index (Phi) is 8.31. The number of thiophene rings is 1. The maximum Gasteiger partial charge on any atom is 0.262 e. The summed E-state index contributed by atoms with van der Waals surface area (Å²) in [6.07, 6.45) is 1.84. The molecule has 0 fully saturated rings. The van der Waals surface area contributed by atoms with E-state index in [1.165, 1.54) is 11.3 Å². The van der Waals surface area contributed by atoms with Gasteiger partial charge in [0.1, 0.15) is 16.5 Å². The first-order valence-electron chi connectivity index (χ1n) is 9.25. The molecular formula is C20H26ClN3O4S. The number of carbonyl (C=O) groups excluding carboxylic acids is 2. The molecule has 1 aromatic heterocycles. The van der Waals surface area contributed by atoms with Crippen LogP contribution in [0.5, 0.6) is 11.5 Å². The number of ether oxygens (including phenoxy) is 2. The van der Waals surface area contributed by atoms with Crippen LogP contribution >= 0.6 is 23.7 Å². The smallest absolute Gasteiger partial charge is 0.262 e. The lowest BCUT2D eigenvalue weighted by molar-refractivity contribution is -0.118. The van der Waals surface area contributed by atoms with Crippen LogP contribution in [0.4, 0.5) is 5.00 Å². The number of primary amides is 1. The molecule has 0 atom stereocenters. The first-order valence-corrected chi connectivity index (χ1v) is 10.1. The lowest BCUT2D eigenvalue weighted by atomic mass is 10.0. The molecule has 2 aromatic rings. The van der Waals surface area contributed by atoms with Gasteiger partial charge in [-0.3, -0.25) is 14.5 Å². The van der Waals surface area contributed by atoms with Crippen LogP contribution in [0.2, 0.25) is 0 Å². The van der Waals surface area contributed by atoms with E-state index < -0.39 is 5.91 Å². The lowest BCUT2D eigenvalue weighted by Crippen LogP contribution is -2.31. The number of hydrogen-bond donors (Lipinski definition) is 2. The monoisotopic (exact) mass is 439 g/mol. The summed E-state index contributed by atoms with van der Waals surface area (Å²) in [5.41, 5.74) is 7.01. The van der Waals surface area contributed by atoms with Crippen molar-refractivity contribution in [3.8, 4) is 11.5 Å². The number of fused-ring (bicyclic) bond motifs is 1. The van der Waals surface area contributed by atoms with Crippen LogP contribution in [0.3, 0.4) is 0 Å². The molecule has 0 saturated heterocycles. The zero-order valence-electron chi connectivity index (χ0n) is 16.5. The van der Waals surface area contributed by atoms with Gasteiger partial charge in [-0.05, 0) is 37.1 Å². The summed E-state index contributed by atoms with van der Waals surface area (Å²) in [4.78, 5) is 27.8. The Morgan fingerprint density at radius 3 is 2.76 bits per heavy atom. The number of methoxy groups -OCH3 is 1. The highest BCUT2D eigenvalue weighted by Crippen LogP contribution is 2.37. The minimum atomic E-state index is -0.509. The zero-order chi connectivity index (χ0) is 20.1. The third-order valence-electron chi connectivity index (χ3n) is 4.59. The second-order valence-electron chi connectivity index (χ2n) is 6.61. The van der Waals surface area contributed by atoms with Gasteiger partial charge >= 0.3 is 0 Å². The van der Waals surface area contributed by atoms with Crippen LogP contribution in [-0.2, 0) is 17.8 Å². The fraction of sp³-hybridized carbons (Fsp3) is 0.400. The lowest BCUT2D eigenvalue weighted by Gasteiger charge is -2.26. The number of anilines is 1. The van der Waals surface area contributed by atoms with Gasteiger partial charge in [-0.2, -0.15) is 0 Å². The zero-order valence-corrected chi connectivity index (χ0v) is 18.2. The van der Waals surface area contributed by atoms with Crippen molar-refractivity contribution >= 4 is 40.6 Å². The van der Waals surface area contributed by atoms with Gasteiger partial charge in [0.05, 0.1) is 12.7 Å². The number of nitrogens with two attached hydrogens (primary N) is 1. The quantitative estimate of drug-likeness (QED) is 0.659. The van der Waals surface area contributed by atoms with Crippen molar-refractivity contribution in [3.63, 3.8) is 0 Å². The Balaban J connectivity index is 0.00000300. The fourth-order valence-electron chi connectivity index (χ4n) is 3.31. The molecule has 3 rings (SSSR count). The standard InChI is InChI=1S/C20H25N3O4S.ClH/c1-3-8-23-9-7-15-16(11-23)28-20(18(15)19(21)25)22-17(24)12-27-14-6-4-5-13(10-14)26-2;/h4-6,10H,3,7-9,11-12H2,1-2H3,(H2,21,25)(H,22,24);1H. The average molecular weight is 440 g/mol. The molecule has 1 aromatic carbocycles. The summed E-state index contributed by atoms with van der Waals surface area (Å²) in [5.74, 6) is 0.335. The summed E-state index contributed by atoms with van der Waals surface area (Å²) in [6.45, 7) is 4.66. The Bertz CT molecular complexity index is 871. The molecule has 158 valence electrons. The summed E-state index contributed by atoms with van der Waals surface area (Å²) in [5, 5.41) is 3.31. The Hall–Kier alpha value is -2.29. The van der Waals surface area contributed by atoms with E-state index in [9.17, 15) is 9.59 Å². The molecule has 29 heavy (non-hydrogen) atoms. The van der Waals surface area contributed by atoms with E-state index in [0.717, 1.165) is 42.9 Å². The highest BCUT2D eigenvalue weighted by Gasteiger charge is 2.27. The normalized spacial score (nSPS) is 13.2. The van der Waals surface area contributed by atoms with Gasteiger partial charge in [-0.15, -0.1) is 23.7 Å². The van der Waals surface area contributed by atoms with E-state index in [0.29, 0.717) is 22.1 Å². The Morgan fingerprint density at radius 2 is 2.07 bits per heavy atom. The van der Waals surface area contributed by atoms with E-state index in [1.807, 2.05) is 0 Å². The Labute approximate surface area is 180 Å². The topological polar surface area (TPSA) is 93.9 Å². The third-order valence-corrected chi connectivity index (χ3v) is 5.72. The van der Waals surface area contributed by atoms with E-state index >= 15 is 0 Å². The molecule has 9 heteroatoms. The number of amides is 2. The van der Waals surface area contributed by atoms with Gasteiger partial charge in [0.15, 0.2) is 6.61 Å². The minimum Gasteiger partial charge on any atom is -0.497 e. The number of nitrogens with one attached hydrogen (secondary N) is 1. The summed E-state index contributed by atoms with van der Waals surface area (Å²) >= 11 is 1.43. The van der Waals surface area contributed by atoms with E-state index in [2.05, 4.69) is 17.1 Å². The van der Waals surface area contributed by atoms with Gasteiger partial charge in [0.2, 0.25) is 0 Å². The maximum absolute atomic E-state index is 12.4. The summed E-state index contributed by atoms with van der Waals surface area (Å²) < 4.78 is 10.7. The highest BCUT2D eigenvalue weighted by molar-refractivity contribution is 7.17. The maximum atomic E-state index is 12.4. The van der Waals surface area contributed by atoms with Crippen molar-refractivity contribution in [1.29, 1.82) is 0 Å². The van der Waals surface area contributed by atoms with Crippen LogP contribution in [0.25, 0.3) is 0 Å². The van der Waals surface area contributed by atoms with Gasteiger partial charge in [-0.25, -0.2) is 0 Å². The molecule has 0 saturated carbocycles. The molecule has 2 heterocycles. The minimum absolute atomic E-state index is 0. The van der Waals surface area contributed by atoms with Crippen molar-refractivity contribution in [2.24, 2.45) is 5.73 Å². The Morgan fingerprint density at radius 1 is 1.31 bits per heavy atom. The van der Waals surface area contributed by atoms with Crippen LogP contribution in [0.1, 0.15) is 34.1 Å². The van der Waals surface area contributed by atoms with E-state index in [-0.39, 0.29) is 24.9 Å². The molecular weight excluding hydrogens is 414 g/mol. The number of nitrogens with zero attached hydrogens (tertiary/aromatic N) is 1. The first kappa shape index (κ1) is 23.0. The molecule has 0 unspecified atom stereocenters. The second-order valence-corrected chi connectivity index (χ2v) is 7.72. The van der Waals surface area contributed by atoms with Crippen molar-refractivity contribution in [2.75, 3.05) is 32.1 Å². The van der Waals surface area contributed by atoms with Crippen LogP contribution in [-0.4, -0.2) is 43.5 Å². The molecule has 1 aliphatic heterocycles. The average Bonchev–Trinajstić information content (AvgIpc) is 3.04. The second kappa shape index (κ2) is 10.5. The molecule has 2 amide bonds. The summed E-state index contributed by atoms with van der Waals surface area (Å²) in [6, 6.07) is 7.03. The molecule has 0 spiro atoms. The number of benzene rings is 1. The largest absolute Gasteiger partial charge is 0.497 e. The van der Waals surface area contributed by atoms with Gasteiger partial charge in [0, 0.05) is 24.0 Å². The first-order chi connectivity index (χ1) is 13.5.